The Bertz CT molecular complexity index is 781. The van der Waals surface area contributed by atoms with E-state index in [2.05, 4.69) is 9.97 Å². The van der Waals surface area contributed by atoms with E-state index in [1.165, 1.54) is 26.0 Å². The van der Waals surface area contributed by atoms with Crippen LogP contribution in [0.15, 0.2) is 52.2 Å². The monoisotopic (exact) mass is 316 g/mol. The minimum absolute atomic E-state index is 0.0693. The Morgan fingerprint density at radius 1 is 1.09 bits per heavy atom. The SMILES string of the molecule is COC1=C(OC)C(=O)c2c(Sc3ncc[nH]3)cccc2C1=O. The average Bonchev–Trinajstić information content (AvgIpc) is 3.03. The second kappa shape index (κ2) is 5.69. The molecule has 0 saturated heterocycles. The van der Waals surface area contributed by atoms with Crippen molar-refractivity contribution in [1.29, 1.82) is 0 Å². The number of carbonyl (C=O) groups excluding carboxylic acids is 2. The highest BCUT2D eigenvalue weighted by molar-refractivity contribution is 7.99. The Morgan fingerprint density at radius 3 is 2.45 bits per heavy atom. The van der Waals surface area contributed by atoms with Gasteiger partial charge in [0.15, 0.2) is 5.16 Å². The van der Waals surface area contributed by atoms with Crippen LogP contribution in [0.5, 0.6) is 0 Å². The number of ketones is 2. The van der Waals surface area contributed by atoms with Gasteiger partial charge in [0.2, 0.25) is 23.1 Å². The Kier molecular flexibility index (Phi) is 3.72. The molecule has 7 heteroatoms. The van der Waals surface area contributed by atoms with E-state index >= 15 is 0 Å². The zero-order valence-corrected chi connectivity index (χ0v) is 12.7. The molecule has 0 unspecified atom stereocenters. The maximum absolute atomic E-state index is 12.7. The lowest BCUT2D eigenvalue weighted by Gasteiger charge is -2.20. The van der Waals surface area contributed by atoms with Gasteiger partial charge in [0.25, 0.3) is 0 Å². The number of H-pyrrole nitrogens is 1. The lowest BCUT2D eigenvalue weighted by molar-refractivity contribution is 0.0826. The van der Waals surface area contributed by atoms with Gasteiger partial charge in [-0.2, -0.15) is 0 Å². The number of hydrogen-bond donors (Lipinski definition) is 1. The number of hydrogen-bond acceptors (Lipinski definition) is 6. The number of Topliss-reactive ketones (excluding diaryl/α,β-unsaturated/α-hetero) is 2. The molecular formula is C15H12N2O4S. The van der Waals surface area contributed by atoms with Crippen molar-refractivity contribution in [3.63, 3.8) is 0 Å². The van der Waals surface area contributed by atoms with Crippen LogP contribution in [0.1, 0.15) is 20.7 Å². The average molecular weight is 316 g/mol. The second-order valence-corrected chi connectivity index (χ2v) is 5.43. The number of fused-ring (bicyclic) bond motifs is 1. The third-order valence-electron chi connectivity index (χ3n) is 3.20. The van der Waals surface area contributed by atoms with Crippen molar-refractivity contribution in [3.05, 3.63) is 53.2 Å². The molecule has 0 spiro atoms. The van der Waals surface area contributed by atoms with Crippen molar-refractivity contribution >= 4 is 23.3 Å². The molecule has 2 aromatic rings. The van der Waals surface area contributed by atoms with Crippen LogP contribution in [-0.4, -0.2) is 35.8 Å². The molecule has 22 heavy (non-hydrogen) atoms. The molecule has 0 amide bonds. The maximum Gasteiger partial charge on any atom is 0.233 e. The molecule has 0 saturated carbocycles. The van der Waals surface area contributed by atoms with Gasteiger partial charge in [0, 0.05) is 22.9 Å². The minimum Gasteiger partial charge on any atom is -0.489 e. The molecule has 1 aliphatic rings. The van der Waals surface area contributed by atoms with E-state index in [0.717, 1.165) is 0 Å². The number of nitrogens with one attached hydrogen (secondary N) is 1. The van der Waals surface area contributed by atoms with E-state index in [9.17, 15) is 9.59 Å². The first-order chi connectivity index (χ1) is 10.7. The molecule has 1 N–H and O–H groups in total. The standard InChI is InChI=1S/C15H12N2O4S/c1-20-13-11(18)8-4-3-5-9(22-15-16-6-7-17-15)10(8)12(19)14(13)21-2/h3-7H,1-2H3,(H,16,17). The maximum atomic E-state index is 12.7. The van der Waals surface area contributed by atoms with E-state index in [1.807, 2.05) is 0 Å². The summed E-state index contributed by atoms with van der Waals surface area (Å²) in [4.78, 5) is 32.8. The van der Waals surface area contributed by atoms with Gasteiger partial charge in [-0.05, 0) is 6.07 Å². The van der Waals surface area contributed by atoms with E-state index in [4.69, 9.17) is 9.47 Å². The highest BCUT2D eigenvalue weighted by Crippen LogP contribution is 2.36. The third-order valence-corrected chi connectivity index (χ3v) is 4.18. The molecule has 112 valence electrons. The quantitative estimate of drug-likeness (QED) is 0.933. The van der Waals surface area contributed by atoms with Gasteiger partial charge in [-0.25, -0.2) is 4.98 Å². The van der Waals surface area contributed by atoms with Crippen molar-refractivity contribution in [2.75, 3.05) is 14.2 Å². The fourth-order valence-corrected chi connectivity index (χ4v) is 3.16. The number of carbonyl (C=O) groups is 2. The number of aromatic nitrogens is 2. The Hall–Kier alpha value is -2.54. The summed E-state index contributed by atoms with van der Waals surface area (Å²) in [5, 5.41) is 0.633. The first kappa shape index (κ1) is 14.4. The molecule has 3 rings (SSSR count). The molecule has 6 nitrogen and oxygen atoms in total. The highest BCUT2D eigenvalue weighted by Gasteiger charge is 2.36. The smallest absolute Gasteiger partial charge is 0.233 e. The number of ether oxygens (including phenoxy) is 2. The first-order valence-electron chi connectivity index (χ1n) is 6.39. The van der Waals surface area contributed by atoms with E-state index in [-0.39, 0.29) is 23.1 Å². The fraction of sp³-hybridized carbons (Fsp3) is 0.133. The minimum atomic E-state index is -0.372. The summed E-state index contributed by atoms with van der Waals surface area (Å²) in [6, 6.07) is 5.09. The summed E-state index contributed by atoms with van der Waals surface area (Å²) in [7, 11) is 2.68. The Balaban J connectivity index is 2.14. The number of nitrogens with zero attached hydrogens (tertiary/aromatic N) is 1. The number of benzene rings is 1. The topological polar surface area (TPSA) is 81.3 Å². The van der Waals surface area contributed by atoms with Crippen LogP contribution in [0.3, 0.4) is 0 Å². The van der Waals surface area contributed by atoms with Crippen molar-refractivity contribution in [3.8, 4) is 0 Å². The van der Waals surface area contributed by atoms with Gasteiger partial charge in [0.05, 0.1) is 19.8 Å². The normalized spacial score (nSPS) is 14.1. The number of methoxy groups -OCH3 is 2. The van der Waals surface area contributed by atoms with Crippen molar-refractivity contribution < 1.29 is 19.1 Å². The molecular weight excluding hydrogens is 304 g/mol. The van der Waals surface area contributed by atoms with Gasteiger partial charge in [0.1, 0.15) is 0 Å². The number of allylic oxidation sites excluding steroid dienone is 2. The first-order valence-corrected chi connectivity index (χ1v) is 7.21. The van der Waals surface area contributed by atoms with Crippen LogP contribution in [0.2, 0.25) is 0 Å². The number of imidazole rings is 1. The molecule has 0 fully saturated rings. The zero-order chi connectivity index (χ0) is 15.7. The summed E-state index contributed by atoms with van der Waals surface area (Å²) in [6.45, 7) is 0. The van der Waals surface area contributed by atoms with Crippen LogP contribution in [0.25, 0.3) is 0 Å². The Morgan fingerprint density at radius 2 is 1.82 bits per heavy atom. The zero-order valence-electron chi connectivity index (χ0n) is 11.9. The number of aromatic amines is 1. The van der Waals surface area contributed by atoms with Crippen LogP contribution in [0.4, 0.5) is 0 Å². The van der Waals surface area contributed by atoms with Gasteiger partial charge in [-0.3, -0.25) is 9.59 Å². The molecule has 1 aromatic carbocycles. The van der Waals surface area contributed by atoms with Gasteiger partial charge < -0.3 is 14.5 Å². The second-order valence-electron chi connectivity index (χ2n) is 4.40. The highest BCUT2D eigenvalue weighted by atomic mass is 32.2. The molecule has 1 heterocycles. The lowest BCUT2D eigenvalue weighted by atomic mass is 9.92. The van der Waals surface area contributed by atoms with Gasteiger partial charge >= 0.3 is 0 Å². The van der Waals surface area contributed by atoms with Crippen LogP contribution < -0.4 is 0 Å². The summed E-state index contributed by atoms with van der Waals surface area (Å²) < 4.78 is 10.1. The molecule has 0 radical (unpaired) electrons. The molecule has 1 aromatic heterocycles. The predicted octanol–water partition coefficient (Wildman–Crippen LogP) is 2.44. The molecule has 0 aliphatic heterocycles. The summed E-state index contributed by atoms with van der Waals surface area (Å²) in [5.74, 6) is -0.882. The summed E-state index contributed by atoms with van der Waals surface area (Å²) >= 11 is 1.28. The summed E-state index contributed by atoms with van der Waals surface area (Å²) in [5.41, 5.74) is 0.616. The summed E-state index contributed by atoms with van der Waals surface area (Å²) in [6.07, 6.45) is 3.31. The van der Waals surface area contributed by atoms with Crippen LogP contribution in [-0.2, 0) is 9.47 Å². The number of rotatable bonds is 4. The van der Waals surface area contributed by atoms with Crippen LogP contribution >= 0.6 is 11.8 Å². The van der Waals surface area contributed by atoms with E-state index in [1.54, 1.807) is 30.6 Å². The van der Waals surface area contributed by atoms with Gasteiger partial charge in [-0.15, -0.1) is 0 Å². The van der Waals surface area contributed by atoms with Crippen molar-refractivity contribution in [2.24, 2.45) is 0 Å². The van der Waals surface area contributed by atoms with Gasteiger partial charge in [-0.1, -0.05) is 23.9 Å². The Labute approximate surface area is 130 Å². The lowest BCUT2D eigenvalue weighted by Crippen LogP contribution is -2.24. The fourth-order valence-electron chi connectivity index (χ4n) is 2.26. The molecule has 0 atom stereocenters. The van der Waals surface area contributed by atoms with E-state index < -0.39 is 0 Å². The van der Waals surface area contributed by atoms with Crippen molar-refractivity contribution in [1.82, 2.24) is 9.97 Å². The van der Waals surface area contributed by atoms with E-state index in [0.29, 0.717) is 21.2 Å². The predicted molar refractivity (Wildman–Crippen MR) is 78.9 cm³/mol. The molecule has 0 bridgehead atoms. The van der Waals surface area contributed by atoms with Crippen LogP contribution in [0, 0.1) is 0 Å². The largest absolute Gasteiger partial charge is 0.489 e. The third kappa shape index (κ3) is 2.19. The molecule has 1 aliphatic carbocycles. The van der Waals surface area contributed by atoms with Crippen molar-refractivity contribution in [2.45, 2.75) is 10.1 Å².